The Morgan fingerprint density at radius 2 is 0.905 bits per heavy atom. The highest BCUT2D eigenvalue weighted by molar-refractivity contribution is 5.28. The second-order valence-electron chi connectivity index (χ2n) is 6.13. The van der Waals surface area contributed by atoms with Crippen LogP contribution in [0.1, 0.15) is 68.9 Å². The fraction of sp³-hybridized carbons (Fsp3) is 0.524. The molecule has 3 aliphatic carbocycles. The van der Waals surface area contributed by atoms with Gasteiger partial charge < -0.3 is 0 Å². The predicted molar refractivity (Wildman–Crippen MR) is 93.7 cm³/mol. The normalized spacial score (nSPS) is 18.9. The number of hydrogen-bond acceptors (Lipinski definition) is 0. The third-order valence-corrected chi connectivity index (χ3v) is 4.33. The molecule has 1 aromatic rings. The summed E-state index contributed by atoms with van der Waals surface area (Å²) < 4.78 is 0. The molecule has 0 heteroatoms. The van der Waals surface area contributed by atoms with Gasteiger partial charge in [-0.05, 0) is 81.8 Å². The maximum absolute atomic E-state index is 2.27. The van der Waals surface area contributed by atoms with E-state index < -0.39 is 0 Å². The van der Waals surface area contributed by atoms with Gasteiger partial charge in [-0.15, -0.1) is 0 Å². The molecule has 0 radical (unpaired) electrons. The van der Waals surface area contributed by atoms with Crippen molar-refractivity contribution in [2.24, 2.45) is 0 Å². The summed E-state index contributed by atoms with van der Waals surface area (Å²) in [6.07, 6.45) is 23.9. The molecule has 114 valence electrons. The Labute approximate surface area is 131 Å². The first-order valence-corrected chi connectivity index (χ1v) is 8.83. The summed E-state index contributed by atoms with van der Waals surface area (Å²) >= 11 is 0. The Bertz CT molecular complexity index is 400. The molecule has 0 bridgehead atoms. The molecule has 0 atom stereocenters. The topological polar surface area (TPSA) is 0 Å². The molecule has 0 N–H and O–H groups in total. The van der Waals surface area contributed by atoms with Crippen molar-refractivity contribution in [3.05, 3.63) is 59.7 Å². The van der Waals surface area contributed by atoms with Crippen molar-refractivity contribution < 1.29 is 0 Å². The van der Waals surface area contributed by atoms with Gasteiger partial charge in [0.15, 0.2) is 0 Å². The van der Waals surface area contributed by atoms with E-state index in [1.807, 2.05) is 0 Å². The second kappa shape index (κ2) is 10.4. The first-order valence-electron chi connectivity index (χ1n) is 8.83. The molecule has 3 aliphatic rings. The van der Waals surface area contributed by atoms with Gasteiger partial charge in [-0.2, -0.15) is 0 Å². The van der Waals surface area contributed by atoms with Crippen LogP contribution in [0.25, 0.3) is 0 Å². The lowest BCUT2D eigenvalue weighted by Crippen LogP contribution is -2.00. The van der Waals surface area contributed by atoms with Crippen molar-refractivity contribution >= 4 is 0 Å². The zero-order valence-electron chi connectivity index (χ0n) is 13.4. The Morgan fingerprint density at radius 3 is 1.24 bits per heavy atom. The van der Waals surface area contributed by atoms with E-state index in [2.05, 4.69) is 48.6 Å². The van der Waals surface area contributed by atoms with E-state index in [0.717, 1.165) is 0 Å². The summed E-state index contributed by atoms with van der Waals surface area (Å²) in [5.74, 6) is 0. The van der Waals surface area contributed by atoms with Crippen molar-refractivity contribution in [2.75, 3.05) is 0 Å². The highest BCUT2D eigenvalue weighted by Crippen LogP contribution is 2.19. The maximum atomic E-state index is 2.27. The van der Waals surface area contributed by atoms with Crippen LogP contribution >= 0.6 is 0 Å². The summed E-state index contributed by atoms with van der Waals surface area (Å²) in [6, 6.07) is 8.80. The van der Waals surface area contributed by atoms with Gasteiger partial charge in [-0.25, -0.2) is 0 Å². The van der Waals surface area contributed by atoms with Gasteiger partial charge in [0, 0.05) is 0 Å². The van der Waals surface area contributed by atoms with E-state index in [1.165, 1.54) is 70.6 Å². The number of hydrogen-bond donors (Lipinski definition) is 0. The highest BCUT2D eigenvalue weighted by atomic mass is 14.1. The summed E-state index contributed by atoms with van der Waals surface area (Å²) in [6.45, 7) is 0. The molecule has 0 aromatic heterocycles. The summed E-state index contributed by atoms with van der Waals surface area (Å²) in [7, 11) is 0. The number of aryl methyl sites for hydroxylation is 2. The van der Waals surface area contributed by atoms with Gasteiger partial charge in [-0.1, -0.05) is 48.6 Å². The lowest BCUT2D eigenvalue weighted by molar-refractivity contribution is 0.685. The van der Waals surface area contributed by atoms with Crippen molar-refractivity contribution in [3.8, 4) is 0 Å². The minimum Gasteiger partial charge on any atom is -0.0885 e. The van der Waals surface area contributed by atoms with Gasteiger partial charge in [0.1, 0.15) is 0 Å². The molecule has 0 unspecified atom stereocenters. The average molecular weight is 282 g/mol. The summed E-state index contributed by atoms with van der Waals surface area (Å²) in [4.78, 5) is 0. The van der Waals surface area contributed by atoms with Crippen LogP contribution in [0.5, 0.6) is 0 Å². The van der Waals surface area contributed by atoms with E-state index in [9.17, 15) is 0 Å². The SMILES string of the molecule is C1=CCCC1.C1=CCCCC1.c1ccc2c(c1)CCCC2. The first kappa shape index (κ1) is 16.1. The fourth-order valence-corrected chi connectivity index (χ4v) is 3.03. The fourth-order valence-electron chi connectivity index (χ4n) is 3.03. The smallest absolute Gasteiger partial charge is 0.0276 e. The third kappa shape index (κ3) is 6.80. The molecule has 0 saturated carbocycles. The monoisotopic (exact) mass is 282 g/mol. The van der Waals surface area contributed by atoms with Crippen LogP contribution in [0.15, 0.2) is 48.6 Å². The zero-order valence-corrected chi connectivity index (χ0v) is 13.4. The molecule has 21 heavy (non-hydrogen) atoms. The minimum atomic E-state index is 1.30. The Hall–Kier alpha value is -1.30. The average Bonchev–Trinajstić information content (AvgIpc) is 3.17. The zero-order chi connectivity index (χ0) is 14.6. The molecule has 0 fully saturated rings. The Kier molecular flexibility index (Phi) is 7.99. The molecule has 1 aromatic carbocycles. The van der Waals surface area contributed by atoms with Gasteiger partial charge in [0.2, 0.25) is 0 Å². The van der Waals surface area contributed by atoms with Gasteiger partial charge in [0.25, 0.3) is 0 Å². The molecular formula is C21H30. The number of benzene rings is 1. The van der Waals surface area contributed by atoms with Gasteiger partial charge in [0.05, 0.1) is 0 Å². The number of allylic oxidation sites excluding steroid dienone is 4. The standard InChI is InChI=1S/C10H12.C6H10.C5H8/c1-2-6-10-8-4-3-7-9(10)5-1;1-2-4-6-5-3-1;1-2-4-5-3-1/h1-2,5-6H,3-4,7-8H2;1-2H,3-6H2;1-2H,3-5H2. The van der Waals surface area contributed by atoms with Crippen LogP contribution in [-0.2, 0) is 12.8 Å². The molecule has 0 aliphatic heterocycles. The predicted octanol–water partition coefficient (Wildman–Crippen LogP) is 6.41. The van der Waals surface area contributed by atoms with Crippen LogP contribution in [0.4, 0.5) is 0 Å². The van der Waals surface area contributed by atoms with Crippen LogP contribution < -0.4 is 0 Å². The molecule has 0 heterocycles. The Balaban J connectivity index is 0.000000126. The van der Waals surface area contributed by atoms with Gasteiger partial charge in [-0.3, -0.25) is 0 Å². The molecule has 0 spiro atoms. The minimum absolute atomic E-state index is 1.30. The third-order valence-electron chi connectivity index (χ3n) is 4.33. The number of rotatable bonds is 0. The van der Waals surface area contributed by atoms with Crippen molar-refractivity contribution in [1.82, 2.24) is 0 Å². The van der Waals surface area contributed by atoms with E-state index >= 15 is 0 Å². The lowest BCUT2D eigenvalue weighted by Gasteiger charge is -2.13. The van der Waals surface area contributed by atoms with Crippen LogP contribution in [0, 0.1) is 0 Å². The quantitative estimate of drug-likeness (QED) is 0.482. The molecular weight excluding hydrogens is 252 g/mol. The molecule has 4 rings (SSSR count). The first-order chi connectivity index (χ1) is 10.5. The van der Waals surface area contributed by atoms with E-state index in [-0.39, 0.29) is 0 Å². The van der Waals surface area contributed by atoms with Crippen LogP contribution in [0.2, 0.25) is 0 Å². The van der Waals surface area contributed by atoms with Crippen molar-refractivity contribution in [3.63, 3.8) is 0 Å². The van der Waals surface area contributed by atoms with Gasteiger partial charge >= 0.3 is 0 Å². The maximum Gasteiger partial charge on any atom is -0.0276 e. The van der Waals surface area contributed by atoms with E-state index in [4.69, 9.17) is 0 Å². The van der Waals surface area contributed by atoms with Crippen molar-refractivity contribution in [2.45, 2.75) is 70.6 Å². The molecule has 0 amide bonds. The number of fused-ring (bicyclic) bond motifs is 1. The molecule has 0 saturated heterocycles. The highest BCUT2D eigenvalue weighted by Gasteiger charge is 2.05. The molecule has 0 nitrogen and oxygen atoms in total. The van der Waals surface area contributed by atoms with Crippen molar-refractivity contribution in [1.29, 1.82) is 0 Å². The lowest BCUT2D eigenvalue weighted by atomic mass is 9.92. The second-order valence-corrected chi connectivity index (χ2v) is 6.13. The van der Waals surface area contributed by atoms with E-state index in [0.29, 0.717) is 0 Å². The largest absolute Gasteiger partial charge is 0.0885 e. The summed E-state index contributed by atoms with van der Waals surface area (Å²) in [5, 5.41) is 0. The Morgan fingerprint density at radius 1 is 0.476 bits per heavy atom. The summed E-state index contributed by atoms with van der Waals surface area (Å²) in [5.41, 5.74) is 3.16. The van der Waals surface area contributed by atoms with E-state index in [1.54, 1.807) is 11.1 Å². The van der Waals surface area contributed by atoms with Crippen LogP contribution in [-0.4, -0.2) is 0 Å². The van der Waals surface area contributed by atoms with Crippen LogP contribution in [0.3, 0.4) is 0 Å².